The second-order valence-corrected chi connectivity index (χ2v) is 14.6. The predicted octanol–water partition coefficient (Wildman–Crippen LogP) is 1.23. The van der Waals surface area contributed by atoms with E-state index in [1.54, 1.807) is 29.1 Å². The van der Waals surface area contributed by atoms with Crippen molar-refractivity contribution in [3.8, 4) is 5.75 Å². The van der Waals surface area contributed by atoms with Crippen molar-refractivity contribution >= 4 is 27.7 Å². The number of ether oxygens (including phenoxy) is 1. The number of hydrogen-bond acceptors (Lipinski definition) is 8. The van der Waals surface area contributed by atoms with Crippen molar-refractivity contribution < 1.29 is 27.5 Å². The lowest BCUT2D eigenvalue weighted by molar-refractivity contribution is -0.132. The van der Waals surface area contributed by atoms with E-state index in [0.29, 0.717) is 43.9 Å². The SMILES string of the molecule is CC(C)[C@H]1NC(=O)Cc2cccc(c2)OCCn2cc(nn2)CCN(S(=O)(=O)C2CC2)CCNC(=O)[C@H](Cc2ccccc2)NC1=O. The zero-order chi connectivity index (χ0) is 33.4. The molecule has 0 spiro atoms. The van der Waals surface area contributed by atoms with E-state index in [4.69, 9.17) is 4.74 Å². The summed E-state index contributed by atoms with van der Waals surface area (Å²) in [4.78, 5) is 40.3. The number of fused-ring (bicyclic) bond motifs is 4. The molecule has 3 N–H and O–H groups in total. The number of benzene rings is 2. The minimum atomic E-state index is -3.55. The molecule has 14 heteroatoms. The van der Waals surface area contributed by atoms with Crippen molar-refractivity contribution in [3.05, 3.63) is 77.6 Å². The molecular formula is C33H43N7O6S. The van der Waals surface area contributed by atoms with E-state index in [0.717, 1.165) is 11.1 Å². The molecule has 0 radical (unpaired) electrons. The first-order valence-corrected chi connectivity index (χ1v) is 17.6. The number of nitrogens with one attached hydrogen (secondary N) is 3. The average Bonchev–Trinajstić information content (AvgIpc) is 3.81. The summed E-state index contributed by atoms with van der Waals surface area (Å²) in [6, 6.07) is 14.6. The van der Waals surface area contributed by atoms with Gasteiger partial charge in [-0.1, -0.05) is 61.5 Å². The Morgan fingerprint density at radius 3 is 2.49 bits per heavy atom. The molecule has 1 aromatic heterocycles. The zero-order valence-electron chi connectivity index (χ0n) is 26.8. The first-order valence-electron chi connectivity index (χ1n) is 16.1. The molecule has 2 atom stereocenters. The van der Waals surface area contributed by atoms with Gasteiger partial charge in [-0.2, -0.15) is 4.31 Å². The van der Waals surface area contributed by atoms with Crippen LogP contribution in [0, 0.1) is 5.92 Å². The lowest BCUT2D eigenvalue weighted by Crippen LogP contribution is -2.56. The fraction of sp³-hybridized carbons (Fsp3) is 0.485. The smallest absolute Gasteiger partial charge is 0.243 e. The number of hydrogen-bond donors (Lipinski definition) is 3. The van der Waals surface area contributed by atoms with Crippen molar-refractivity contribution in [1.82, 2.24) is 35.2 Å². The Morgan fingerprint density at radius 2 is 1.74 bits per heavy atom. The van der Waals surface area contributed by atoms with Crippen molar-refractivity contribution in [1.29, 1.82) is 0 Å². The molecule has 252 valence electrons. The van der Waals surface area contributed by atoms with Crippen LogP contribution in [-0.4, -0.2) is 89.0 Å². The van der Waals surface area contributed by atoms with Gasteiger partial charge < -0.3 is 20.7 Å². The highest BCUT2D eigenvalue weighted by atomic mass is 32.2. The number of nitrogens with zero attached hydrogens (tertiary/aromatic N) is 4. The van der Waals surface area contributed by atoms with Crippen LogP contribution in [0.4, 0.5) is 0 Å². The Morgan fingerprint density at radius 1 is 0.957 bits per heavy atom. The molecule has 1 aliphatic heterocycles. The van der Waals surface area contributed by atoms with Gasteiger partial charge in [-0.05, 0) is 42.0 Å². The van der Waals surface area contributed by atoms with Crippen LogP contribution in [0.15, 0.2) is 60.8 Å². The van der Waals surface area contributed by atoms with Crippen LogP contribution < -0.4 is 20.7 Å². The van der Waals surface area contributed by atoms with E-state index in [1.807, 2.05) is 50.2 Å². The second kappa shape index (κ2) is 15.5. The van der Waals surface area contributed by atoms with Crippen LogP contribution in [0.5, 0.6) is 5.75 Å². The number of carbonyl (C=O) groups excluding carboxylic acids is 3. The molecule has 1 aliphatic carbocycles. The minimum absolute atomic E-state index is 0.0360. The van der Waals surface area contributed by atoms with Crippen molar-refractivity contribution in [2.75, 3.05) is 26.2 Å². The molecule has 2 aromatic carbocycles. The molecule has 2 heterocycles. The summed E-state index contributed by atoms with van der Waals surface area (Å²) in [5.41, 5.74) is 2.20. The molecule has 1 saturated carbocycles. The maximum absolute atomic E-state index is 13.6. The number of amides is 3. The van der Waals surface area contributed by atoms with Gasteiger partial charge in [0.25, 0.3) is 0 Å². The summed E-state index contributed by atoms with van der Waals surface area (Å²) in [5.74, 6) is -0.946. The molecule has 13 nitrogen and oxygen atoms in total. The highest BCUT2D eigenvalue weighted by Crippen LogP contribution is 2.31. The Balaban J connectivity index is 1.38. The standard InChI is InChI=1S/C33H43N7O6S/c1-23(2)31-33(43)35-29(20-24-7-4-3-5-8-24)32(42)34-14-16-40(47(44,45)28-11-12-28)15-13-26-22-39(38-37-26)17-18-46-27-10-6-9-25(19-27)21-30(41)36-31/h3-10,19,22-23,28-29,31H,11-18,20-21H2,1-2H3,(H,34,42)(H,35,43)(H,36,41)/t29-,31+/m0/s1. The van der Waals surface area contributed by atoms with Crippen LogP contribution >= 0.6 is 0 Å². The third kappa shape index (κ3) is 9.61. The van der Waals surface area contributed by atoms with Crippen molar-refractivity contribution in [3.63, 3.8) is 0 Å². The highest BCUT2D eigenvalue weighted by Gasteiger charge is 2.40. The quantitative estimate of drug-likeness (QED) is 0.366. The molecule has 1 fully saturated rings. The molecule has 0 saturated heterocycles. The van der Waals surface area contributed by atoms with Crippen molar-refractivity contribution in [2.45, 2.75) is 69.8 Å². The number of rotatable bonds is 5. The van der Waals surface area contributed by atoms with Gasteiger partial charge in [0.2, 0.25) is 27.7 Å². The van der Waals surface area contributed by atoms with Crippen molar-refractivity contribution in [2.24, 2.45) is 5.92 Å². The third-order valence-electron chi connectivity index (χ3n) is 8.20. The third-order valence-corrected chi connectivity index (χ3v) is 10.6. The number of sulfonamides is 1. The summed E-state index contributed by atoms with van der Waals surface area (Å²) < 4.78 is 35.5. The van der Waals surface area contributed by atoms with E-state index < -0.39 is 39.2 Å². The van der Waals surface area contributed by atoms with E-state index >= 15 is 0 Å². The van der Waals surface area contributed by atoms with Gasteiger partial charge in [-0.3, -0.25) is 14.4 Å². The lowest BCUT2D eigenvalue weighted by Gasteiger charge is -2.26. The molecule has 4 bridgehead atoms. The Kier molecular flexibility index (Phi) is 11.2. The largest absolute Gasteiger partial charge is 0.492 e. The summed E-state index contributed by atoms with van der Waals surface area (Å²) in [6.07, 6.45) is 3.60. The van der Waals surface area contributed by atoms with E-state index in [2.05, 4.69) is 26.3 Å². The summed E-state index contributed by atoms with van der Waals surface area (Å²) in [6.45, 7) is 4.69. The molecule has 2 aliphatic rings. The van der Waals surface area contributed by atoms with E-state index in [1.165, 1.54) is 4.31 Å². The molecular weight excluding hydrogens is 622 g/mol. The fourth-order valence-electron chi connectivity index (χ4n) is 5.44. The first kappa shape index (κ1) is 34.0. The van der Waals surface area contributed by atoms with Gasteiger partial charge in [0, 0.05) is 38.7 Å². The van der Waals surface area contributed by atoms with E-state index in [9.17, 15) is 22.8 Å². The lowest BCUT2D eigenvalue weighted by atomic mass is 10.0. The van der Waals surface area contributed by atoms with Gasteiger partial charge in [-0.25, -0.2) is 13.1 Å². The maximum Gasteiger partial charge on any atom is 0.243 e. The topological polar surface area (TPSA) is 165 Å². The van der Waals surface area contributed by atoms with Crippen LogP contribution in [0.1, 0.15) is 43.5 Å². The average molecular weight is 666 g/mol. The van der Waals surface area contributed by atoms with Gasteiger partial charge >= 0.3 is 0 Å². The summed E-state index contributed by atoms with van der Waals surface area (Å²) in [7, 11) is -3.55. The molecule has 3 aromatic rings. The summed E-state index contributed by atoms with van der Waals surface area (Å²) >= 11 is 0. The molecule has 47 heavy (non-hydrogen) atoms. The monoisotopic (exact) mass is 665 g/mol. The number of aromatic nitrogens is 3. The van der Waals surface area contributed by atoms with Crippen LogP contribution in [0.25, 0.3) is 0 Å². The van der Waals surface area contributed by atoms with E-state index in [-0.39, 0.29) is 44.3 Å². The van der Waals surface area contributed by atoms with Crippen LogP contribution in [0.2, 0.25) is 0 Å². The molecule has 5 rings (SSSR count). The van der Waals surface area contributed by atoms with Crippen LogP contribution in [0.3, 0.4) is 0 Å². The Labute approximate surface area is 275 Å². The Bertz CT molecular complexity index is 1640. The predicted molar refractivity (Wildman–Crippen MR) is 175 cm³/mol. The minimum Gasteiger partial charge on any atom is -0.492 e. The maximum atomic E-state index is 13.6. The zero-order valence-corrected chi connectivity index (χ0v) is 27.6. The molecule has 0 unspecified atom stereocenters. The Hall–Kier alpha value is -4.30. The van der Waals surface area contributed by atoms with Gasteiger partial charge in [0.15, 0.2) is 0 Å². The van der Waals surface area contributed by atoms with Gasteiger partial charge in [0.05, 0.1) is 23.9 Å². The summed E-state index contributed by atoms with van der Waals surface area (Å²) in [5, 5.41) is 16.5. The van der Waals surface area contributed by atoms with Gasteiger partial charge in [-0.15, -0.1) is 5.10 Å². The first-order chi connectivity index (χ1) is 22.6. The second-order valence-electron chi connectivity index (χ2n) is 12.4. The number of carbonyl (C=O) groups is 3. The molecule has 3 amide bonds. The highest BCUT2D eigenvalue weighted by molar-refractivity contribution is 7.90. The van der Waals surface area contributed by atoms with Gasteiger partial charge in [0.1, 0.15) is 24.4 Å². The van der Waals surface area contributed by atoms with Crippen LogP contribution in [-0.2, 0) is 50.2 Å². The normalized spacial score (nSPS) is 21.3. The fourth-order valence-corrected chi connectivity index (χ4v) is 7.28.